The average molecular weight is 693 g/mol. The third-order valence-electron chi connectivity index (χ3n) is 6.62. The van der Waals surface area contributed by atoms with Crippen molar-refractivity contribution in [2.24, 2.45) is 0 Å². The first kappa shape index (κ1) is 38.9. The minimum atomic E-state index is 0. The van der Waals surface area contributed by atoms with Crippen LogP contribution in [-0.4, -0.2) is 9.52 Å². The van der Waals surface area contributed by atoms with Crippen molar-refractivity contribution in [2.75, 3.05) is 0 Å². The number of rotatable bonds is 4. The van der Waals surface area contributed by atoms with Crippen LogP contribution in [0, 0.1) is 28.7 Å². The van der Waals surface area contributed by atoms with E-state index in [1.54, 1.807) is 0 Å². The molecule has 4 aromatic carbocycles. The summed E-state index contributed by atoms with van der Waals surface area (Å²) in [5.41, 5.74) is 8.66. The van der Waals surface area contributed by atoms with Gasteiger partial charge >= 0.3 is 25.8 Å². The molecule has 206 valence electrons. The number of aryl methyl sites for hydroxylation is 2. The van der Waals surface area contributed by atoms with E-state index in [1.165, 1.54) is 54.9 Å². The number of hydrogen-bond acceptors (Lipinski definition) is 0. The Balaban J connectivity index is 0. The predicted octanol–water partition coefficient (Wildman–Crippen LogP) is 11.9. The topological polar surface area (TPSA) is 0 Å². The van der Waals surface area contributed by atoms with Crippen LogP contribution in [0.15, 0.2) is 48.5 Å². The molecule has 0 nitrogen and oxygen atoms in total. The monoisotopic (exact) mass is 694 g/mol. The molecule has 0 atom stereocenters. The Bertz CT molecular complexity index is 1120. The van der Waals surface area contributed by atoms with Crippen molar-refractivity contribution >= 4 is 31.1 Å². The third kappa shape index (κ3) is 10.1. The fourth-order valence-electron chi connectivity index (χ4n) is 4.67. The molecule has 0 heterocycles. The minimum Gasteiger partial charge on any atom is -0.358 e. The summed E-state index contributed by atoms with van der Waals surface area (Å²) in [7, 11) is 1.08. The fourth-order valence-corrected chi connectivity index (χ4v) is 4.67. The zero-order chi connectivity index (χ0) is 26.4. The van der Waals surface area contributed by atoms with Crippen LogP contribution in [-0.2, 0) is 25.8 Å². The smallest absolute Gasteiger partial charge is 0.358 e. The van der Waals surface area contributed by atoms with Gasteiger partial charge in [-0.15, -0.1) is 56.9 Å². The van der Waals surface area contributed by atoms with Crippen LogP contribution in [0.4, 0.5) is 0 Å². The molecule has 0 aliphatic rings. The van der Waals surface area contributed by atoms with Gasteiger partial charge in [-0.25, -0.2) is 0 Å². The van der Waals surface area contributed by atoms with Crippen LogP contribution < -0.4 is 0 Å². The van der Waals surface area contributed by atoms with Gasteiger partial charge in [0.1, 0.15) is 0 Å². The number of hydrogen-bond donors (Lipinski definition) is 0. The number of benzene rings is 2. The zero-order valence-electron chi connectivity index (χ0n) is 26.9. The van der Waals surface area contributed by atoms with Crippen molar-refractivity contribution in [1.29, 1.82) is 0 Å². The summed E-state index contributed by atoms with van der Waals surface area (Å²) in [6.45, 7) is 26.8. The Kier molecular flexibility index (Phi) is 17.8. The van der Waals surface area contributed by atoms with E-state index in [0.29, 0.717) is 23.7 Å². The second kappa shape index (κ2) is 17.4. The average Bonchev–Trinajstić information content (AvgIpc) is 3.33. The molecule has 0 saturated carbocycles. The molecule has 2 radical (unpaired) electrons. The van der Waals surface area contributed by atoms with Crippen molar-refractivity contribution in [1.82, 2.24) is 0 Å². The van der Waals surface area contributed by atoms with Crippen LogP contribution in [0.2, 0.25) is 13.1 Å². The van der Waals surface area contributed by atoms with Gasteiger partial charge in [-0.2, -0.15) is 12.1 Å². The molecule has 0 saturated heterocycles. The molecular formula is C36H54HfSi. The summed E-state index contributed by atoms with van der Waals surface area (Å²) in [4.78, 5) is 0. The van der Waals surface area contributed by atoms with Gasteiger partial charge < -0.3 is 14.9 Å². The third-order valence-corrected chi connectivity index (χ3v) is 6.62. The Hall–Kier alpha value is -1.25. The fraction of sp³-hybridized carbons (Fsp3) is 0.444. The van der Waals surface area contributed by atoms with Crippen molar-refractivity contribution in [3.8, 4) is 0 Å². The van der Waals surface area contributed by atoms with Crippen molar-refractivity contribution < 1.29 is 25.8 Å². The molecule has 0 spiro atoms. The van der Waals surface area contributed by atoms with E-state index in [2.05, 4.69) is 131 Å². The summed E-state index contributed by atoms with van der Waals surface area (Å²) in [6, 6.07) is 18.7. The first-order valence-corrected chi connectivity index (χ1v) is 15.4. The van der Waals surface area contributed by atoms with Crippen molar-refractivity contribution in [3.63, 3.8) is 0 Å². The van der Waals surface area contributed by atoms with Crippen molar-refractivity contribution in [2.45, 2.75) is 106 Å². The van der Waals surface area contributed by atoms with Crippen LogP contribution in [0.1, 0.15) is 112 Å². The van der Waals surface area contributed by atoms with Gasteiger partial charge in [0, 0.05) is 9.52 Å². The number of fused-ring (bicyclic) bond motifs is 2. The maximum absolute atomic E-state index is 2.39. The van der Waals surface area contributed by atoms with Crippen LogP contribution >= 0.6 is 0 Å². The molecule has 0 aliphatic carbocycles. The Morgan fingerprint density at radius 3 is 1.05 bits per heavy atom. The summed E-state index contributed by atoms with van der Waals surface area (Å²) in [6.07, 6.45) is 0. The van der Waals surface area contributed by atoms with E-state index in [0.717, 1.165) is 9.52 Å². The molecule has 0 bridgehead atoms. The van der Waals surface area contributed by atoms with Crippen LogP contribution in [0.3, 0.4) is 0 Å². The Morgan fingerprint density at radius 2 is 0.816 bits per heavy atom. The standard InChI is InChI=1S/2C16H21.C2H6Si.2CH3.Hf/c2*1-10(2)13-8-14-6-12(5)7-16(14)15(9-13)11(3)4;1-3-2;;;/h2*6-11H,1-5H3;1-2H3;2*1H3;/q2*-1;;2*-1;+4. The van der Waals surface area contributed by atoms with E-state index in [1.807, 2.05) is 0 Å². The van der Waals surface area contributed by atoms with E-state index >= 15 is 0 Å². The molecule has 38 heavy (non-hydrogen) atoms. The first-order chi connectivity index (χ1) is 16.4. The zero-order valence-corrected chi connectivity index (χ0v) is 31.5. The SMILES string of the molecule is C[Si]C.Cc1cc2c(C(C)C)cc(C(C)C)cc2[cH-]1.Cc1cc2c(C(C)C)cc(C(C)C)cc2[cH-]1.[CH3-].[CH3-].[Hf+4]. The van der Waals surface area contributed by atoms with Gasteiger partial charge in [0.25, 0.3) is 0 Å². The summed E-state index contributed by atoms with van der Waals surface area (Å²) in [5, 5.41) is 5.70. The predicted molar refractivity (Wildman–Crippen MR) is 175 cm³/mol. The van der Waals surface area contributed by atoms with Gasteiger partial charge in [0.05, 0.1) is 0 Å². The molecule has 0 unspecified atom stereocenters. The van der Waals surface area contributed by atoms with Gasteiger partial charge in [0.2, 0.25) is 0 Å². The molecule has 0 aliphatic heterocycles. The molecule has 0 aromatic heterocycles. The van der Waals surface area contributed by atoms with E-state index in [9.17, 15) is 0 Å². The molecule has 4 aromatic rings. The van der Waals surface area contributed by atoms with E-state index < -0.39 is 0 Å². The molecule has 2 heteroatoms. The van der Waals surface area contributed by atoms with E-state index in [4.69, 9.17) is 0 Å². The largest absolute Gasteiger partial charge is 4.00 e. The maximum Gasteiger partial charge on any atom is 4.00 e. The Morgan fingerprint density at radius 1 is 0.526 bits per heavy atom. The molecule has 0 amide bonds. The van der Waals surface area contributed by atoms with Gasteiger partial charge in [-0.3, -0.25) is 0 Å². The normalized spacial score (nSPS) is 10.5. The maximum atomic E-state index is 2.39. The van der Waals surface area contributed by atoms with E-state index in [-0.39, 0.29) is 40.7 Å². The summed E-state index contributed by atoms with van der Waals surface area (Å²) in [5.74, 6) is 2.42. The summed E-state index contributed by atoms with van der Waals surface area (Å²) >= 11 is 0. The quantitative estimate of drug-likeness (QED) is 0.147. The molecule has 0 N–H and O–H groups in total. The first-order valence-electron chi connectivity index (χ1n) is 13.4. The molecular weight excluding hydrogens is 639 g/mol. The molecule has 4 rings (SSSR count). The van der Waals surface area contributed by atoms with Crippen LogP contribution in [0.25, 0.3) is 21.5 Å². The van der Waals surface area contributed by atoms with Gasteiger partial charge in [-0.05, 0) is 23.7 Å². The molecule has 0 fully saturated rings. The second-order valence-electron chi connectivity index (χ2n) is 11.4. The summed E-state index contributed by atoms with van der Waals surface area (Å²) < 4.78 is 0. The van der Waals surface area contributed by atoms with Crippen LogP contribution in [0.5, 0.6) is 0 Å². The minimum absolute atomic E-state index is 0. The van der Waals surface area contributed by atoms with Gasteiger partial charge in [0.15, 0.2) is 0 Å². The van der Waals surface area contributed by atoms with Gasteiger partial charge in [-0.1, -0.05) is 117 Å². The second-order valence-corrected chi connectivity index (χ2v) is 12.4. The van der Waals surface area contributed by atoms with Crippen molar-refractivity contribution in [3.05, 3.63) is 96.8 Å². The Labute approximate surface area is 258 Å².